The predicted molar refractivity (Wildman–Crippen MR) is 75.4 cm³/mol. The number of benzene rings is 1. The van der Waals surface area contributed by atoms with Crippen LogP contribution in [0.25, 0.3) is 0 Å². The van der Waals surface area contributed by atoms with Crippen molar-refractivity contribution >= 4 is 23.3 Å². The summed E-state index contributed by atoms with van der Waals surface area (Å²) in [5.41, 5.74) is -1.08. The van der Waals surface area contributed by atoms with E-state index in [4.69, 9.17) is 16.3 Å². The lowest BCUT2D eigenvalue weighted by Gasteiger charge is -2.21. The number of rotatable bonds is 6. The van der Waals surface area contributed by atoms with Crippen LogP contribution in [0.4, 0.5) is 18.9 Å². The topological polar surface area (TPSA) is 38.3 Å². The van der Waals surface area contributed by atoms with Crippen LogP contribution < -0.4 is 5.32 Å². The Hall–Kier alpha value is -1.43. The Morgan fingerprint density at radius 1 is 1.38 bits per heavy atom. The molecule has 118 valence electrons. The largest absolute Gasteiger partial charge is 0.464 e. The number of ether oxygens (including phenoxy) is 1. The van der Waals surface area contributed by atoms with Gasteiger partial charge in [0.25, 0.3) is 0 Å². The Morgan fingerprint density at radius 2 is 2.05 bits per heavy atom. The van der Waals surface area contributed by atoms with E-state index in [2.05, 4.69) is 5.32 Å². The highest BCUT2D eigenvalue weighted by Gasteiger charge is 2.34. The minimum absolute atomic E-state index is 0.0175. The summed E-state index contributed by atoms with van der Waals surface area (Å²) in [6, 6.07) is 2.57. The minimum atomic E-state index is -4.56. The first-order valence-corrected chi connectivity index (χ1v) is 6.97. The standard InChI is InChI=1S/C14H17ClF3NO2/c1-3-5-12(13(20)21-4-2)19-11-7-6-9(15)8-10(11)14(16,17)18/h6-8,12,19H,3-5H2,1-2H3. The number of hydrogen-bond acceptors (Lipinski definition) is 3. The molecule has 0 heterocycles. The van der Waals surface area contributed by atoms with Crippen molar-refractivity contribution in [3.8, 4) is 0 Å². The van der Waals surface area contributed by atoms with Gasteiger partial charge in [0.15, 0.2) is 0 Å². The van der Waals surface area contributed by atoms with E-state index in [-0.39, 0.29) is 17.3 Å². The third-order valence-electron chi connectivity index (χ3n) is 2.77. The molecule has 0 aliphatic heterocycles. The summed E-state index contributed by atoms with van der Waals surface area (Å²) >= 11 is 5.61. The molecular formula is C14H17ClF3NO2. The number of esters is 1. The highest BCUT2D eigenvalue weighted by Crippen LogP contribution is 2.37. The van der Waals surface area contributed by atoms with Gasteiger partial charge in [-0.1, -0.05) is 24.9 Å². The molecule has 0 fully saturated rings. The minimum Gasteiger partial charge on any atom is -0.464 e. The fourth-order valence-corrected chi connectivity index (χ4v) is 2.02. The second kappa shape index (κ2) is 7.54. The molecule has 1 N–H and O–H groups in total. The van der Waals surface area contributed by atoms with Crippen LogP contribution >= 0.6 is 11.6 Å². The quantitative estimate of drug-likeness (QED) is 0.783. The van der Waals surface area contributed by atoms with Gasteiger partial charge in [0, 0.05) is 10.7 Å². The fraction of sp³-hybridized carbons (Fsp3) is 0.500. The van der Waals surface area contributed by atoms with Gasteiger partial charge >= 0.3 is 12.1 Å². The normalized spacial score (nSPS) is 12.9. The van der Waals surface area contributed by atoms with Crippen molar-refractivity contribution in [2.75, 3.05) is 11.9 Å². The van der Waals surface area contributed by atoms with Gasteiger partial charge in [-0.05, 0) is 31.5 Å². The lowest BCUT2D eigenvalue weighted by atomic mass is 10.1. The molecule has 1 aromatic rings. The molecular weight excluding hydrogens is 307 g/mol. The Labute approximate surface area is 126 Å². The van der Waals surface area contributed by atoms with Crippen LogP contribution in [0.2, 0.25) is 5.02 Å². The average Bonchev–Trinajstić information content (AvgIpc) is 2.39. The first-order chi connectivity index (χ1) is 9.79. The van der Waals surface area contributed by atoms with E-state index in [1.54, 1.807) is 6.92 Å². The molecule has 3 nitrogen and oxygen atoms in total. The lowest BCUT2D eigenvalue weighted by Crippen LogP contribution is -2.32. The molecule has 0 radical (unpaired) electrons. The van der Waals surface area contributed by atoms with Gasteiger partial charge in [-0.25, -0.2) is 4.79 Å². The molecule has 0 amide bonds. The molecule has 0 aliphatic carbocycles. The van der Waals surface area contributed by atoms with Gasteiger partial charge in [0.2, 0.25) is 0 Å². The van der Waals surface area contributed by atoms with Gasteiger partial charge in [-0.3, -0.25) is 0 Å². The summed E-state index contributed by atoms with van der Waals surface area (Å²) in [6.45, 7) is 3.65. The molecule has 0 aromatic heterocycles. The van der Waals surface area contributed by atoms with Crippen molar-refractivity contribution in [2.24, 2.45) is 0 Å². The summed E-state index contributed by atoms with van der Waals surface area (Å²) < 4.78 is 43.9. The third kappa shape index (κ3) is 5.12. The second-order valence-electron chi connectivity index (χ2n) is 4.43. The van der Waals surface area contributed by atoms with Gasteiger partial charge < -0.3 is 10.1 Å². The number of alkyl halides is 3. The highest BCUT2D eigenvalue weighted by atomic mass is 35.5. The van der Waals surface area contributed by atoms with Crippen LogP contribution in [-0.4, -0.2) is 18.6 Å². The smallest absolute Gasteiger partial charge is 0.418 e. The van der Waals surface area contributed by atoms with E-state index >= 15 is 0 Å². The number of halogens is 4. The Bertz CT molecular complexity index is 492. The first kappa shape index (κ1) is 17.6. The zero-order chi connectivity index (χ0) is 16.0. The number of hydrogen-bond donors (Lipinski definition) is 1. The highest BCUT2D eigenvalue weighted by molar-refractivity contribution is 6.30. The number of anilines is 1. The molecule has 0 saturated carbocycles. The van der Waals surface area contributed by atoms with Gasteiger partial charge in [0.05, 0.1) is 12.2 Å². The second-order valence-corrected chi connectivity index (χ2v) is 4.86. The fourth-order valence-electron chi connectivity index (χ4n) is 1.85. The summed E-state index contributed by atoms with van der Waals surface area (Å²) in [4.78, 5) is 11.8. The Balaban J connectivity index is 3.06. The van der Waals surface area contributed by atoms with Crippen molar-refractivity contribution in [1.82, 2.24) is 0 Å². The van der Waals surface area contributed by atoms with E-state index in [9.17, 15) is 18.0 Å². The van der Waals surface area contributed by atoms with E-state index in [1.807, 2.05) is 6.92 Å². The van der Waals surface area contributed by atoms with Crippen molar-refractivity contribution in [1.29, 1.82) is 0 Å². The Morgan fingerprint density at radius 3 is 2.57 bits per heavy atom. The molecule has 1 atom stereocenters. The van der Waals surface area contributed by atoms with Crippen molar-refractivity contribution in [3.63, 3.8) is 0 Å². The monoisotopic (exact) mass is 323 g/mol. The molecule has 0 spiro atoms. The summed E-state index contributed by atoms with van der Waals surface area (Å²) in [6.07, 6.45) is -3.55. The van der Waals surface area contributed by atoms with Crippen LogP contribution in [0.3, 0.4) is 0 Å². The summed E-state index contributed by atoms with van der Waals surface area (Å²) in [5, 5.41) is 2.60. The first-order valence-electron chi connectivity index (χ1n) is 6.59. The maximum atomic E-state index is 13.0. The lowest BCUT2D eigenvalue weighted by molar-refractivity contribution is -0.144. The summed E-state index contributed by atoms with van der Waals surface area (Å²) in [7, 11) is 0. The van der Waals surface area contributed by atoms with E-state index in [1.165, 1.54) is 12.1 Å². The molecule has 0 aliphatic rings. The van der Waals surface area contributed by atoms with E-state index in [0.29, 0.717) is 12.8 Å². The number of carbonyl (C=O) groups is 1. The Kier molecular flexibility index (Phi) is 6.33. The van der Waals surface area contributed by atoms with Crippen LogP contribution in [0.5, 0.6) is 0 Å². The predicted octanol–water partition coefficient (Wildman–Crippen LogP) is 4.50. The molecule has 0 bridgehead atoms. The molecule has 1 unspecified atom stereocenters. The van der Waals surface area contributed by atoms with Crippen LogP contribution in [-0.2, 0) is 15.7 Å². The third-order valence-corrected chi connectivity index (χ3v) is 3.00. The van der Waals surface area contributed by atoms with Gasteiger partial charge in [-0.15, -0.1) is 0 Å². The molecule has 1 rings (SSSR count). The van der Waals surface area contributed by atoms with E-state index < -0.39 is 23.8 Å². The van der Waals surface area contributed by atoms with Gasteiger partial charge in [-0.2, -0.15) is 13.2 Å². The van der Waals surface area contributed by atoms with Gasteiger partial charge in [0.1, 0.15) is 6.04 Å². The maximum Gasteiger partial charge on any atom is 0.418 e. The number of carbonyl (C=O) groups excluding carboxylic acids is 1. The van der Waals surface area contributed by atoms with E-state index in [0.717, 1.165) is 6.07 Å². The molecule has 7 heteroatoms. The van der Waals surface area contributed by atoms with Crippen molar-refractivity contribution < 1.29 is 22.7 Å². The molecule has 0 saturated heterocycles. The number of nitrogens with one attached hydrogen (secondary N) is 1. The van der Waals surface area contributed by atoms with Crippen LogP contribution in [0, 0.1) is 0 Å². The molecule has 21 heavy (non-hydrogen) atoms. The molecule has 1 aromatic carbocycles. The summed E-state index contributed by atoms with van der Waals surface area (Å²) in [5.74, 6) is -0.567. The van der Waals surface area contributed by atoms with Crippen LogP contribution in [0.1, 0.15) is 32.3 Å². The maximum absolute atomic E-state index is 13.0. The van der Waals surface area contributed by atoms with Crippen molar-refractivity contribution in [3.05, 3.63) is 28.8 Å². The zero-order valence-electron chi connectivity index (χ0n) is 11.8. The average molecular weight is 324 g/mol. The van der Waals surface area contributed by atoms with Crippen LogP contribution in [0.15, 0.2) is 18.2 Å². The zero-order valence-corrected chi connectivity index (χ0v) is 12.5. The van der Waals surface area contributed by atoms with Crippen molar-refractivity contribution in [2.45, 2.75) is 38.9 Å². The SMILES string of the molecule is CCCC(Nc1ccc(Cl)cc1C(F)(F)F)C(=O)OCC.